The van der Waals surface area contributed by atoms with E-state index in [9.17, 15) is 10.1 Å². The quantitative estimate of drug-likeness (QED) is 0.861. The van der Waals surface area contributed by atoms with Gasteiger partial charge in [-0.1, -0.05) is 30.3 Å². The average molecular weight is 336 g/mol. The third kappa shape index (κ3) is 3.97. The number of hydrogen-bond donors (Lipinski definition) is 0. The third-order valence-electron chi connectivity index (χ3n) is 5.16. The number of aryl methyl sites for hydroxylation is 1. The zero-order chi connectivity index (χ0) is 17.8. The molecule has 1 aliphatic rings. The van der Waals surface area contributed by atoms with Crippen LogP contribution >= 0.6 is 0 Å². The summed E-state index contributed by atoms with van der Waals surface area (Å²) in [5.41, 5.74) is 2.76. The molecule has 0 unspecified atom stereocenters. The Hall–Kier alpha value is -2.45. The van der Waals surface area contributed by atoms with Gasteiger partial charge < -0.3 is 0 Å². The largest absolute Gasteiger partial charge is 0.286 e. The predicted molar refractivity (Wildman–Crippen MR) is 97.1 cm³/mol. The zero-order valence-electron chi connectivity index (χ0n) is 14.9. The van der Waals surface area contributed by atoms with Gasteiger partial charge in [-0.2, -0.15) is 10.4 Å². The van der Waals surface area contributed by atoms with Crippen LogP contribution in [0.2, 0.25) is 0 Å². The summed E-state index contributed by atoms with van der Waals surface area (Å²) < 4.78 is 1.44. The Bertz CT molecular complexity index is 827. The second-order valence-corrected chi connectivity index (χ2v) is 6.89. The molecule has 1 aromatic heterocycles. The molecule has 2 aromatic rings. The molecule has 0 amide bonds. The van der Waals surface area contributed by atoms with Gasteiger partial charge in [-0.3, -0.25) is 9.69 Å². The van der Waals surface area contributed by atoms with E-state index in [1.807, 2.05) is 13.0 Å². The number of aromatic nitrogens is 2. The number of piperidine rings is 1. The van der Waals surface area contributed by atoms with Gasteiger partial charge in [0.2, 0.25) is 0 Å². The van der Waals surface area contributed by atoms with Gasteiger partial charge in [-0.15, -0.1) is 0 Å². The maximum atomic E-state index is 12.4. The van der Waals surface area contributed by atoms with Gasteiger partial charge >= 0.3 is 0 Å². The van der Waals surface area contributed by atoms with E-state index in [-0.39, 0.29) is 11.1 Å². The lowest BCUT2D eigenvalue weighted by molar-refractivity contribution is 0.137. The Balaban J connectivity index is 1.62. The van der Waals surface area contributed by atoms with Crippen LogP contribution in [0.3, 0.4) is 0 Å². The summed E-state index contributed by atoms with van der Waals surface area (Å²) in [6, 6.07) is 12.6. The number of nitriles is 1. The van der Waals surface area contributed by atoms with Crippen LogP contribution in [0.5, 0.6) is 0 Å². The van der Waals surface area contributed by atoms with Gasteiger partial charge in [0.1, 0.15) is 11.6 Å². The van der Waals surface area contributed by atoms with Crippen molar-refractivity contribution in [2.24, 2.45) is 5.92 Å². The molecule has 1 aromatic carbocycles. The molecule has 0 spiro atoms. The summed E-state index contributed by atoms with van der Waals surface area (Å²) in [6.07, 6.45) is 3.37. The van der Waals surface area contributed by atoms with Crippen molar-refractivity contribution < 1.29 is 0 Å². The van der Waals surface area contributed by atoms with Crippen molar-refractivity contribution in [3.63, 3.8) is 0 Å². The molecule has 5 heteroatoms. The molecule has 5 nitrogen and oxygen atoms in total. The molecule has 1 fully saturated rings. The number of likely N-dealkylation sites (tertiary alicyclic amines) is 1. The smallest absolute Gasteiger partial charge is 0.284 e. The highest BCUT2D eigenvalue weighted by atomic mass is 16.1. The lowest BCUT2D eigenvalue weighted by Crippen LogP contribution is -2.40. The third-order valence-corrected chi connectivity index (χ3v) is 5.16. The lowest BCUT2D eigenvalue weighted by Gasteiger charge is -2.32. The minimum Gasteiger partial charge on any atom is -0.284 e. The zero-order valence-corrected chi connectivity index (χ0v) is 14.9. The van der Waals surface area contributed by atoms with Crippen LogP contribution < -0.4 is 5.56 Å². The minimum absolute atomic E-state index is 0.214. The van der Waals surface area contributed by atoms with Crippen LogP contribution in [0.4, 0.5) is 0 Å². The van der Waals surface area contributed by atoms with Crippen molar-refractivity contribution in [1.29, 1.82) is 5.26 Å². The van der Waals surface area contributed by atoms with Gasteiger partial charge in [-0.05, 0) is 50.2 Å². The Morgan fingerprint density at radius 2 is 1.88 bits per heavy atom. The lowest BCUT2D eigenvalue weighted by atomic mass is 9.90. The van der Waals surface area contributed by atoms with Crippen LogP contribution in [0.25, 0.3) is 0 Å². The number of nitrogens with zero attached hydrogens (tertiary/aromatic N) is 4. The van der Waals surface area contributed by atoms with E-state index in [1.54, 1.807) is 6.92 Å². The molecule has 1 aliphatic heterocycles. The fourth-order valence-corrected chi connectivity index (χ4v) is 3.47. The van der Waals surface area contributed by atoms with Crippen LogP contribution in [0.1, 0.15) is 35.2 Å². The van der Waals surface area contributed by atoms with E-state index in [0.717, 1.165) is 38.0 Å². The average Bonchev–Trinajstić information content (AvgIpc) is 2.63. The summed E-state index contributed by atoms with van der Waals surface area (Å²) in [6.45, 7) is 6.01. The number of benzene rings is 1. The summed E-state index contributed by atoms with van der Waals surface area (Å²) in [4.78, 5) is 14.7. The summed E-state index contributed by atoms with van der Waals surface area (Å²) in [7, 11) is 0. The van der Waals surface area contributed by atoms with Crippen molar-refractivity contribution in [1.82, 2.24) is 14.7 Å². The van der Waals surface area contributed by atoms with E-state index in [4.69, 9.17) is 0 Å². The molecular formula is C20H24N4O. The molecule has 2 heterocycles. The van der Waals surface area contributed by atoms with Crippen molar-refractivity contribution >= 4 is 0 Å². The molecule has 0 N–H and O–H groups in total. The van der Waals surface area contributed by atoms with Crippen LogP contribution in [-0.2, 0) is 13.1 Å². The predicted octanol–water partition coefficient (Wildman–Crippen LogP) is 2.64. The highest BCUT2D eigenvalue weighted by molar-refractivity contribution is 5.36. The van der Waals surface area contributed by atoms with Crippen molar-refractivity contribution in [3.05, 3.63) is 63.1 Å². The highest BCUT2D eigenvalue weighted by Gasteiger charge is 2.21. The van der Waals surface area contributed by atoms with Crippen molar-refractivity contribution in [2.75, 3.05) is 13.1 Å². The van der Waals surface area contributed by atoms with Crippen LogP contribution in [0, 0.1) is 31.1 Å². The molecule has 0 atom stereocenters. The topological polar surface area (TPSA) is 61.9 Å². The van der Waals surface area contributed by atoms with Gasteiger partial charge in [0, 0.05) is 13.1 Å². The molecule has 130 valence electrons. The molecule has 0 aliphatic carbocycles. The van der Waals surface area contributed by atoms with Gasteiger partial charge in [-0.25, -0.2) is 4.68 Å². The van der Waals surface area contributed by atoms with Gasteiger partial charge in [0.25, 0.3) is 5.56 Å². The van der Waals surface area contributed by atoms with Gasteiger partial charge in [0.15, 0.2) is 0 Å². The Morgan fingerprint density at radius 1 is 1.20 bits per heavy atom. The molecule has 25 heavy (non-hydrogen) atoms. The Labute approximate surface area is 148 Å². The minimum atomic E-state index is -0.281. The summed E-state index contributed by atoms with van der Waals surface area (Å²) in [5, 5.41) is 13.6. The monoisotopic (exact) mass is 336 g/mol. The van der Waals surface area contributed by atoms with E-state index in [1.165, 1.54) is 10.2 Å². The summed E-state index contributed by atoms with van der Waals surface area (Å²) >= 11 is 0. The maximum absolute atomic E-state index is 12.4. The second kappa shape index (κ2) is 7.62. The first-order chi connectivity index (χ1) is 12.1. The SMILES string of the molecule is Cc1nn(CN2CCC(Cc3ccccc3)CC2)c(=O)c(C#N)c1C. The first-order valence-electron chi connectivity index (χ1n) is 8.83. The fraction of sp³-hybridized carbons (Fsp3) is 0.450. The van der Waals surface area contributed by atoms with E-state index in [0.29, 0.717) is 18.2 Å². The van der Waals surface area contributed by atoms with E-state index < -0.39 is 0 Å². The van der Waals surface area contributed by atoms with Gasteiger partial charge in [0.05, 0.1) is 12.4 Å². The second-order valence-electron chi connectivity index (χ2n) is 6.89. The molecule has 3 rings (SSSR count). The fourth-order valence-electron chi connectivity index (χ4n) is 3.47. The highest BCUT2D eigenvalue weighted by Crippen LogP contribution is 2.21. The van der Waals surface area contributed by atoms with Crippen LogP contribution in [-0.4, -0.2) is 27.8 Å². The molecule has 0 bridgehead atoms. The normalized spacial score (nSPS) is 15.9. The molecular weight excluding hydrogens is 312 g/mol. The first-order valence-corrected chi connectivity index (χ1v) is 8.83. The van der Waals surface area contributed by atoms with E-state index in [2.05, 4.69) is 40.3 Å². The number of hydrogen-bond acceptors (Lipinski definition) is 4. The number of rotatable bonds is 4. The maximum Gasteiger partial charge on any atom is 0.286 e. The van der Waals surface area contributed by atoms with Crippen molar-refractivity contribution in [2.45, 2.75) is 39.8 Å². The Morgan fingerprint density at radius 3 is 2.52 bits per heavy atom. The first kappa shape index (κ1) is 17.4. The summed E-state index contributed by atoms with van der Waals surface area (Å²) in [5.74, 6) is 0.692. The van der Waals surface area contributed by atoms with E-state index >= 15 is 0 Å². The van der Waals surface area contributed by atoms with Crippen LogP contribution in [0.15, 0.2) is 35.1 Å². The molecule has 0 saturated carbocycles. The Kier molecular flexibility index (Phi) is 5.30. The standard InChI is InChI=1S/C20H24N4O/c1-15-16(2)22-24(20(25)19(15)13-21)14-23-10-8-18(9-11-23)12-17-6-4-3-5-7-17/h3-7,18H,8-12,14H2,1-2H3. The van der Waals surface area contributed by atoms with Crippen molar-refractivity contribution in [3.8, 4) is 6.07 Å². The molecule has 1 saturated heterocycles. The molecule has 0 radical (unpaired) electrons.